The molecule has 0 aliphatic rings. The van der Waals surface area contributed by atoms with Gasteiger partial charge in [0.2, 0.25) is 0 Å². The molecule has 0 spiro atoms. The molecule has 2 rings (SSSR count). The van der Waals surface area contributed by atoms with Crippen molar-refractivity contribution in [3.8, 4) is 5.75 Å². The summed E-state index contributed by atoms with van der Waals surface area (Å²) in [5, 5.41) is 6.58. The molecule has 8 nitrogen and oxygen atoms in total. The van der Waals surface area contributed by atoms with Crippen molar-refractivity contribution in [3.63, 3.8) is 0 Å². The van der Waals surface area contributed by atoms with Crippen molar-refractivity contribution in [1.29, 1.82) is 0 Å². The SMILES string of the molecule is CCOC(=O)COc1ccc(C=NNC(=O)C(NC(=O)c2ccc(F)cc2)C(C)C)cc1Br. The highest BCUT2D eigenvalue weighted by Crippen LogP contribution is 2.25. The topological polar surface area (TPSA) is 106 Å². The number of ether oxygens (including phenoxy) is 2. The Kier molecular flexibility index (Phi) is 9.99. The molecule has 0 fully saturated rings. The zero-order valence-corrected chi connectivity index (χ0v) is 20.0. The first-order valence-electron chi connectivity index (χ1n) is 10.2. The van der Waals surface area contributed by atoms with Crippen LogP contribution in [0.25, 0.3) is 0 Å². The van der Waals surface area contributed by atoms with E-state index in [4.69, 9.17) is 9.47 Å². The van der Waals surface area contributed by atoms with E-state index in [1.54, 1.807) is 39.0 Å². The fourth-order valence-corrected chi connectivity index (χ4v) is 3.17. The largest absolute Gasteiger partial charge is 0.481 e. The molecule has 2 amide bonds. The first kappa shape index (κ1) is 26.0. The summed E-state index contributed by atoms with van der Waals surface area (Å²) in [6.45, 7) is 5.34. The maximum Gasteiger partial charge on any atom is 0.344 e. The van der Waals surface area contributed by atoms with Crippen LogP contribution in [-0.4, -0.2) is 43.3 Å². The van der Waals surface area contributed by atoms with Crippen molar-refractivity contribution >= 4 is 39.9 Å². The molecule has 0 bridgehead atoms. The Balaban J connectivity index is 1.95. The standard InChI is InChI=1S/C23H25BrFN3O5/c1-4-32-20(29)13-33-19-10-5-15(11-18(19)24)12-26-28-23(31)21(14(2)3)27-22(30)16-6-8-17(25)9-7-16/h5-12,14,21H,4,13H2,1-3H3,(H,27,30)(H,28,31). The zero-order valence-electron chi connectivity index (χ0n) is 18.4. The van der Waals surface area contributed by atoms with Gasteiger partial charge in [-0.1, -0.05) is 13.8 Å². The van der Waals surface area contributed by atoms with E-state index in [9.17, 15) is 18.8 Å². The van der Waals surface area contributed by atoms with E-state index in [1.807, 2.05) is 0 Å². The molecule has 0 aromatic heterocycles. The summed E-state index contributed by atoms with van der Waals surface area (Å²) in [4.78, 5) is 36.3. The monoisotopic (exact) mass is 521 g/mol. The van der Waals surface area contributed by atoms with Crippen LogP contribution >= 0.6 is 15.9 Å². The van der Waals surface area contributed by atoms with E-state index in [0.29, 0.717) is 15.8 Å². The molecule has 2 N–H and O–H groups in total. The van der Waals surface area contributed by atoms with E-state index in [2.05, 4.69) is 31.8 Å². The molecule has 2 aromatic carbocycles. The van der Waals surface area contributed by atoms with Gasteiger partial charge in [0.15, 0.2) is 6.61 Å². The second-order valence-electron chi connectivity index (χ2n) is 7.22. The second kappa shape index (κ2) is 12.7. The van der Waals surface area contributed by atoms with Crippen LogP contribution in [0.2, 0.25) is 0 Å². The Bertz CT molecular complexity index is 1010. The number of hydrogen-bond donors (Lipinski definition) is 2. The number of rotatable bonds is 10. The molecular weight excluding hydrogens is 497 g/mol. The molecule has 0 radical (unpaired) electrons. The molecule has 2 aromatic rings. The van der Waals surface area contributed by atoms with E-state index in [1.165, 1.54) is 30.5 Å². The zero-order chi connectivity index (χ0) is 24.4. The predicted octanol–water partition coefficient (Wildman–Crippen LogP) is 3.43. The molecule has 0 aliphatic heterocycles. The summed E-state index contributed by atoms with van der Waals surface area (Å²) < 4.78 is 23.8. The summed E-state index contributed by atoms with van der Waals surface area (Å²) in [6.07, 6.45) is 1.43. The lowest BCUT2D eigenvalue weighted by Gasteiger charge is -2.20. The third-order valence-corrected chi connectivity index (χ3v) is 4.96. The van der Waals surface area contributed by atoms with Crippen LogP contribution in [-0.2, 0) is 14.3 Å². The smallest absolute Gasteiger partial charge is 0.344 e. The number of amides is 2. The van der Waals surface area contributed by atoms with Gasteiger partial charge in [-0.25, -0.2) is 14.6 Å². The number of benzene rings is 2. The number of nitrogens with one attached hydrogen (secondary N) is 2. The molecule has 176 valence electrons. The average Bonchev–Trinajstić information content (AvgIpc) is 2.77. The van der Waals surface area contributed by atoms with Crippen molar-refractivity contribution in [1.82, 2.24) is 10.7 Å². The van der Waals surface area contributed by atoms with Crippen molar-refractivity contribution in [3.05, 3.63) is 63.9 Å². The molecule has 0 saturated heterocycles. The van der Waals surface area contributed by atoms with E-state index < -0.39 is 29.6 Å². The Morgan fingerprint density at radius 1 is 1.15 bits per heavy atom. The second-order valence-corrected chi connectivity index (χ2v) is 8.07. The van der Waals surface area contributed by atoms with Gasteiger partial charge in [-0.2, -0.15) is 5.10 Å². The molecule has 0 heterocycles. The average molecular weight is 522 g/mol. The van der Waals surface area contributed by atoms with Crippen molar-refractivity contribution in [2.45, 2.75) is 26.8 Å². The third kappa shape index (κ3) is 8.30. The summed E-state index contributed by atoms with van der Waals surface area (Å²) >= 11 is 3.36. The molecule has 1 unspecified atom stereocenters. The summed E-state index contributed by atoms with van der Waals surface area (Å²) in [5.74, 6) is -1.67. The number of halogens is 2. The number of hydrogen-bond acceptors (Lipinski definition) is 6. The normalized spacial score (nSPS) is 11.8. The Labute approximate surface area is 199 Å². The van der Waals surface area contributed by atoms with Gasteiger partial charge < -0.3 is 14.8 Å². The van der Waals surface area contributed by atoms with E-state index >= 15 is 0 Å². The van der Waals surface area contributed by atoms with E-state index in [0.717, 1.165) is 0 Å². The van der Waals surface area contributed by atoms with Crippen LogP contribution in [0, 0.1) is 11.7 Å². The van der Waals surface area contributed by atoms with Crippen LogP contribution in [0.1, 0.15) is 36.7 Å². The van der Waals surface area contributed by atoms with Gasteiger partial charge in [-0.05, 0) is 76.8 Å². The van der Waals surface area contributed by atoms with E-state index in [-0.39, 0.29) is 24.7 Å². The lowest BCUT2D eigenvalue weighted by molar-refractivity contribution is -0.145. The van der Waals surface area contributed by atoms with Crippen LogP contribution < -0.4 is 15.5 Å². The van der Waals surface area contributed by atoms with Crippen LogP contribution in [0.4, 0.5) is 4.39 Å². The fraction of sp³-hybridized carbons (Fsp3) is 0.304. The van der Waals surface area contributed by atoms with Gasteiger partial charge in [-0.15, -0.1) is 0 Å². The minimum Gasteiger partial charge on any atom is -0.481 e. The predicted molar refractivity (Wildman–Crippen MR) is 124 cm³/mol. The lowest BCUT2D eigenvalue weighted by Crippen LogP contribution is -2.48. The Hall–Kier alpha value is -3.27. The highest BCUT2D eigenvalue weighted by atomic mass is 79.9. The summed E-state index contributed by atoms with van der Waals surface area (Å²) in [7, 11) is 0. The van der Waals surface area contributed by atoms with Gasteiger partial charge in [-0.3, -0.25) is 9.59 Å². The van der Waals surface area contributed by atoms with Gasteiger partial charge in [0, 0.05) is 5.56 Å². The number of nitrogens with zero attached hydrogens (tertiary/aromatic N) is 1. The number of hydrazone groups is 1. The van der Waals surface area contributed by atoms with Crippen LogP contribution in [0.3, 0.4) is 0 Å². The van der Waals surface area contributed by atoms with Crippen LogP contribution in [0.5, 0.6) is 5.75 Å². The van der Waals surface area contributed by atoms with Crippen molar-refractivity contribution in [2.75, 3.05) is 13.2 Å². The quantitative estimate of drug-likeness (QED) is 0.283. The maximum absolute atomic E-state index is 13.1. The molecular formula is C23H25BrFN3O5. The molecule has 10 heteroatoms. The first-order chi connectivity index (χ1) is 15.7. The highest BCUT2D eigenvalue weighted by molar-refractivity contribution is 9.10. The fourth-order valence-electron chi connectivity index (χ4n) is 2.65. The number of carbonyl (C=O) groups is 3. The van der Waals surface area contributed by atoms with Crippen molar-refractivity contribution < 1.29 is 28.2 Å². The van der Waals surface area contributed by atoms with Gasteiger partial charge in [0.05, 0.1) is 17.3 Å². The lowest BCUT2D eigenvalue weighted by atomic mass is 10.0. The highest BCUT2D eigenvalue weighted by Gasteiger charge is 2.24. The van der Waals surface area contributed by atoms with Gasteiger partial charge >= 0.3 is 5.97 Å². The summed E-state index contributed by atoms with van der Waals surface area (Å²) in [5.41, 5.74) is 3.31. The van der Waals surface area contributed by atoms with Crippen molar-refractivity contribution in [2.24, 2.45) is 11.0 Å². The Morgan fingerprint density at radius 2 is 1.85 bits per heavy atom. The molecule has 33 heavy (non-hydrogen) atoms. The summed E-state index contributed by atoms with van der Waals surface area (Å²) in [6, 6.07) is 9.23. The number of carbonyl (C=O) groups excluding carboxylic acids is 3. The van der Waals surface area contributed by atoms with Gasteiger partial charge in [0.1, 0.15) is 17.6 Å². The minimum atomic E-state index is -0.843. The van der Waals surface area contributed by atoms with Gasteiger partial charge in [0.25, 0.3) is 11.8 Å². The Morgan fingerprint density at radius 3 is 2.45 bits per heavy atom. The minimum absolute atomic E-state index is 0.212. The molecule has 0 saturated carbocycles. The maximum atomic E-state index is 13.1. The molecule has 1 atom stereocenters. The number of esters is 1. The molecule has 0 aliphatic carbocycles. The van der Waals surface area contributed by atoms with Crippen LogP contribution in [0.15, 0.2) is 52.0 Å². The third-order valence-electron chi connectivity index (χ3n) is 4.34. The first-order valence-corrected chi connectivity index (χ1v) is 11.0.